The minimum Gasteiger partial charge on any atom is -0.455 e. The molecule has 8 aromatic carbocycles. The molecule has 0 saturated carbocycles. The highest BCUT2D eigenvalue weighted by atomic mass is 16.3. The highest BCUT2D eigenvalue weighted by Gasteiger charge is 2.18. The summed E-state index contributed by atoms with van der Waals surface area (Å²) < 4.78 is 6.45. The van der Waals surface area contributed by atoms with Gasteiger partial charge in [0.25, 0.3) is 0 Å². The third kappa shape index (κ3) is 4.79. The summed E-state index contributed by atoms with van der Waals surface area (Å²) in [6.07, 6.45) is 3.70. The summed E-state index contributed by atoms with van der Waals surface area (Å²) >= 11 is 0. The van der Waals surface area contributed by atoms with Gasteiger partial charge in [-0.1, -0.05) is 121 Å². The van der Waals surface area contributed by atoms with Crippen molar-refractivity contribution in [2.75, 3.05) is 0 Å². The van der Waals surface area contributed by atoms with Crippen LogP contribution >= 0.6 is 0 Å². The average Bonchev–Trinajstić information content (AvgIpc) is 3.63. The largest absolute Gasteiger partial charge is 0.455 e. The molecule has 0 bridgehead atoms. The van der Waals surface area contributed by atoms with Crippen LogP contribution < -0.4 is 0 Å². The van der Waals surface area contributed by atoms with Crippen molar-refractivity contribution in [1.82, 2.24) is 19.9 Å². The SMILES string of the molecule is c1ccc(-c2nc(-c3ccc4cc(-c5cccc6oc7c8cnccc8ccc7c56)ccc4c3)nc(-c3cc4ccccc4c4ccccc34)n2)cc1. The molecule has 0 amide bonds. The summed E-state index contributed by atoms with van der Waals surface area (Å²) in [6.45, 7) is 0. The van der Waals surface area contributed by atoms with Crippen LogP contribution in [-0.4, -0.2) is 19.9 Å². The first kappa shape index (κ1) is 29.5. The molecule has 0 spiro atoms. The predicted octanol–water partition coefficient (Wildman–Crippen LogP) is 12.4. The number of benzene rings is 8. The zero-order chi connectivity index (χ0) is 34.9. The number of hydrogen-bond donors (Lipinski definition) is 0. The summed E-state index contributed by atoms with van der Waals surface area (Å²) in [6, 6.07) is 55.0. The number of nitrogens with zero attached hydrogens (tertiary/aromatic N) is 4. The third-order valence-corrected chi connectivity index (χ3v) is 10.4. The van der Waals surface area contributed by atoms with E-state index in [1.807, 2.05) is 54.9 Å². The van der Waals surface area contributed by atoms with E-state index in [2.05, 4.69) is 120 Å². The fourth-order valence-electron chi connectivity index (χ4n) is 7.82. The lowest BCUT2D eigenvalue weighted by atomic mass is 9.96. The maximum absolute atomic E-state index is 6.45. The van der Waals surface area contributed by atoms with Gasteiger partial charge in [-0.25, -0.2) is 15.0 Å². The topological polar surface area (TPSA) is 64.7 Å². The first-order valence-corrected chi connectivity index (χ1v) is 17.7. The molecule has 0 unspecified atom stereocenters. The molecule has 0 atom stereocenters. The monoisotopic (exact) mass is 676 g/mol. The van der Waals surface area contributed by atoms with E-state index in [-0.39, 0.29) is 0 Å². The van der Waals surface area contributed by atoms with Crippen molar-refractivity contribution in [3.05, 3.63) is 170 Å². The molecule has 5 nitrogen and oxygen atoms in total. The second-order valence-corrected chi connectivity index (χ2v) is 13.5. The lowest BCUT2D eigenvalue weighted by Gasteiger charge is -2.13. The molecule has 3 heterocycles. The van der Waals surface area contributed by atoms with Crippen LogP contribution in [0.4, 0.5) is 0 Å². The molecule has 11 rings (SSSR count). The standard InChI is InChI=1S/C48H28N4O/c1-2-9-30(10-3-1)46-50-47(52-48(51-46)41-27-33-11-4-5-12-36(33)38-13-6-7-14-39(38)41)35-20-18-31-25-34(19-17-32(31)26-35)37-15-8-16-43-44(37)40-22-21-29-23-24-49-28-42(29)45(40)53-43/h1-28H. The van der Waals surface area contributed by atoms with Gasteiger partial charge in [0.05, 0.1) is 0 Å². The van der Waals surface area contributed by atoms with E-state index in [0.717, 1.165) is 82.1 Å². The Balaban J connectivity index is 1.06. The van der Waals surface area contributed by atoms with E-state index in [0.29, 0.717) is 17.5 Å². The molecule has 0 aliphatic rings. The molecule has 0 aliphatic heterocycles. The number of fused-ring (bicyclic) bond motifs is 9. The molecule has 0 fully saturated rings. The Morgan fingerprint density at radius 2 is 1.08 bits per heavy atom. The van der Waals surface area contributed by atoms with Crippen LogP contribution in [-0.2, 0) is 0 Å². The Morgan fingerprint density at radius 3 is 1.94 bits per heavy atom. The summed E-state index contributed by atoms with van der Waals surface area (Å²) in [5.41, 5.74) is 6.85. The van der Waals surface area contributed by atoms with Gasteiger partial charge >= 0.3 is 0 Å². The van der Waals surface area contributed by atoms with Gasteiger partial charge in [0.15, 0.2) is 17.5 Å². The molecule has 246 valence electrons. The summed E-state index contributed by atoms with van der Waals surface area (Å²) in [5.74, 6) is 1.92. The van der Waals surface area contributed by atoms with Gasteiger partial charge in [-0.2, -0.15) is 0 Å². The Kier molecular flexibility index (Phi) is 6.48. The lowest BCUT2D eigenvalue weighted by Crippen LogP contribution is -2.00. The van der Waals surface area contributed by atoms with Gasteiger partial charge in [0, 0.05) is 45.2 Å². The number of furan rings is 1. The van der Waals surface area contributed by atoms with Gasteiger partial charge < -0.3 is 4.42 Å². The van der Waals surface area contributed by atoms with Crippen LogP contribution in [0.1, 0.15) is 0 Å². The van der Waals surface area contributed by atoms with Crippen LogP contribution in [0.3, 0.4) is 0 Å². The molecule has 53 heavy (non-hydrogen) atoms. The van der Waals surface area contributed by atoms with E-state index < -0.39 is 0 Å². The lowest BCUT2D eigenvalue weighted by molar-refractivity contribution is 0.672. The van der Waals surface area contributed by atoms with E-state index in [4.69, 9.17) is 19.4 Å². The molecule has 11 aromatic rings. The van der Waals surface area contributed by atoms with Crippen molar-refractivity contribution < 1.29 is 4.42 Å². The van der Waals surface area contributed by atoms with E-state index in [1.165, 1.54) is 10.8 Å². The predicted molar refractivity (Wildman–Crippen MR) is 217 cm³/mol. The summed E-state index contributed by atoms with van der Waals surface area (Å²) in [5, 5.41) is 11.2. The van der Waals surface area contributed by atoms with Crippen LogP contribution in [0.2, 0.25) is 0 Å². The third-order valence-electron chi connectivity index (χ3n) is 10.4. The van der Waals surface area contributed by atoms with Crippen molar-refractivity contribution in [2.24, 2.45) is 0 Å². The molecule has 0 radical (unpaired) electrons. The highest BCUT2D eigenvalue weighted by Crippen LogP contribution is 2.40. The summed E-state index contributed by atoms with van der Waals surface area (Å²) in [4.78, 5) is 19.7. The van der Waals surface area contributed by atoms with Crippen LogP contribution in [0, 0.1) is 0 Å². The van der Waals surface area contributed by atoms with Crippen LogP contribution in [0.5, 0.6) is 0 Å². The van der Waals surface area contributed by atoms with Gasteiger partial charge in [0.2, 0.25) is 0 Å². The summed E-state index contributed by atoms with van der Waals surface area (Å²) in [7, 11) is 0. The molecule has 0 aliphatic carbocycles. The fourth-order valence-corrected chi connectivity index (χ4v) is 7.82. The second kappa shape index (κ2) is 11.7. The number of aromatic nitrogens is 4. The molecule has 0 N–H and O–H groups in total. The Labute approximate surface area is 303 Å². The van der Waals surface area contributed by atoms with Gasteiger partial charge in [0.1, 0.15) is 11.2 Å². The van der Waals surface area contributed by atoms with Crippen molar-refractivity contribution in [3.8, 4) is 45.3 Å². The average molecular weight is 677 g/mol. The quantitative estimate of drug-likeness (QED) is 0.174. The highest BCUT2D eigenvalue weighted by molar-refractivity contribution is 6.19. The van der Waals surface area contributed by atoms with Gasteiger partial charge in [-0.05, 0) is 85.2 Å². The minimum atomic E-state index is 0.633. The first-order valence-electron chi connectivity index (χ1n) is 17.7. The normalized spacial score (nSPS) is 11.8. The molecule has 3 aromatic heterocycles. The Hall–Kier alpha value is -7.24. The molecular formula is C48H28N4O. The molecule has 0 saturated heterocycles. The number of pyridine rings is 1. The molecular weight excluding hydrogens is 649 g/mol. The van der Waals surface area contributed by atoms with E-state index >= 15 is 0 Å². The fraction of sp³-hybridized carbons (Fsp3) is 0. The Bertz CT molecular complexity index is 3240. The van der Waals surface area contributed by atoms with E-state index in [9.17, 15) is 0 Å². The van der Waals surface area contributed by atoms with Crippen LogP contribution in [0.25, 0.3) is 110 Å². The van der Waals surface area contributed by atoms with Crippen molar-refractivity contribution in [2.45, 2.75) is 0 Å². The Morgan fingerprint density at radius 1 is 0.377 bits per heavy atom. The second-order valence-electron chi connectivity index (χ2n) is 13.5. The van der Waals surface area contributed by atoms with Crippen molar-refractivity contribution >= 4 is 65.0 Å². The molecule has 5 heteroatoms. The van der Waals surface area contributed by atoms with Gasteiger partial charge in [-0.15, -0.1) is 0 Å². The minimum absolute atomic E-state index is 0.633. The zero-order valence-corrected chi connectivity index (χ0v) is 28.4. The van der Waals surface area contributed by atoms with Crippen molar-refractivity contribution in [1.29, 1.82) is 0 Å². The number of rotatable bonds is 4. The zero-order valence-electron chi connectivity index (χ0n) is 28.4. The van der Waals surface area contributed by atoms with E-state index in [1.54, 1.807) is 0 Å². The number of hydrogen-bond acceptors (Lipinski definition) is 5. The van der Waals surface area contributed by atoms with Gasteiger partial charge in [-0.3, -0.25) is 4.98 Å². The van der Waals surface area contributed by atoms with Crippen LogP contribution in [0.15, 0.2) is 175 Å². The smallest absolute Gasteiger partial charge is 0.164 e. The first-order chi connectivity index (χ1) is 26.2. The maximum atomic E-state index is 6.45. The van der Waals surface area contributed by atoms with Crippen molar-refractivity contribution in [3.63, 3.8) is 0 Å². The maximum Gasteiger partial charge on any atom is 0.164 e.